The predicted octanol–water partition coefficient (Wildman–Crippen LogP) is 6.63. The summed E-state index contributed by atoms with van der Waals surface area (Å²) < 4.78 is 34.3. The van der Waals surface area contributed by atoms with E-state index in [0.29, 0.717) is 21.5 Å². The Labute approximate surface area is 203 Å². The fraction of sp³-hybridized carbons (Fsp3) is 0.200. The number of sulfonamides is 1. The van der Waals surface area contributed by atoms with Crippen molar-refractivity contribution < 1.29 is 13.2 Å². The van der Waals surface area contributed by atoms with Gasteiger partial charge in [0.15, 0.2) is 0 Å². The average Bonchev–Trinajstić information content (AvgIpc) is 3.30. The summed E-state index contributed by atoms with van der Waals surface area (Å²) in [5.41, 5.74) is 3.33. The average molecular weight is 501 g/mol. The first-order valence-electron chi connectivity index (χ1n) is 10.6. The first-order valence-corrected chi connectivity index (χ1v) is 12.8. The molecule has 0 spiro atoms. The van der Waals surface area contributed by atoms with Gasteiger partial charge in [0.2, 0.25) is 0 Å². The number of ether oxygens (including phenoxy) is 1. The molecule has 0 radical (unpaired) electrons. The van der Waals surface area contributed by atoms with Crippen LogP contribution in [0.25, 0.3) is 0 Å². The van der Waals surface area contributed by atoms with Gasteiger partial charge in [-0.1, -0.05) is 53.6 Å². The first kappa shape index (κ1) is 22.1. The maximum atomic E-state index is 13.2. The molecule has 0 saturated heterocycles. The van der Waals surface area contributed by atoms with Crippen molar-refractivity contribution in [3.63, 3.8) is 0 Å². The molecule has 0 amide bonds. The van der Waals surface area contributed by atoms with Gasteiger partial charge in [-0.15, -0.1) is 0 Å². The van der Waals surface area contributed by atoms with Crippen molar-refractivity contribution >= 4 is 44.6 Å². The van der Waals surface area contributed by atoms with Gasteiger partial charge in [0, 0.05) is 11.6 Å². The summed E-state index contributed by atoms with van der Waals surface area (Å²) in [5, 5.41) is 4.65. The van der Waals surface area contributed by atoms with Gasteiger partial charge in [-0.2, -0.15) is 0 Å². The number of hydrogen-bond donors (Lipinski definition) is 2. The third-order valence-corrected chi connectivity index (χ3v) is 8.40. The zero-order valence-electron chi connectivity index (χ0n) is 17.8. The third-order valence-electron chi connectivity index (χ3n) is 6.30. The molecule has 0 fully saturated rings. The quantitative estimate of drug-likeness (QED) is 0.385. The Morgan fingerprint density at radius 1 is 1.03 bits per heavy atom. The van der Waals surface area contributed by atoms with E-state index in [0.717, 1.165) is 23.2 Å². The van der Waals surface area contributed by atoms with Crippen molar-refractivity contribution in [1.82, 2.24) is 0 Å². The summed E-state index contributed by atoms with van der Waals surface area (Å²) >= 11 is 12.4. The van der Waals surface area contributed by atoms with E-state index < -0.39 is 10.0 Å². The zero-order chi connectivity index (χ0) is 23.2. The van der Waals surface area contributed by atoms with Gasteiger partial charge in [-0.05, 0) is 65.9 Å². The van der Waals surface area contributed by atoms with Crippen molar-refractivity contribution in [3.8, 4) is 5.75 Å². The number of nitrogens with one attached hydrogen (secondary N) is 2. The molecule has 1 heterocycles. The molecule has 2 aliphatic rings. The highest BCUT2D eigenvalue weighted by Gasteiger charge is 2.38. The summed E-state index contributed by atoms with van der Waals surface area (Å²) in [7, 11) is -2.29. The summed E-state index contributed by atoms with van der Waals surface area (Å²) in [4.78, 5) is 0.209. The van der Waals surface area contributed by atoms with Crippen molar-refractivity contribution in [1.29, 1.82) is 0 Å². The van der Waals surface area contributed by atoms with Crippen LogP contribution in [0.15, 0.2) is 77.7 Å². The van der Waals surface area contributed by atoms with Crippen molar-refractivity contribution in [2.45, 2.75) is 23.3 Å². The van der Waals surface area contributed by atoms with Crippen LogP contribution >= 0.6 is 23.2 Å². The van der Waals surface area contributed by atoms with Crippen molar-refractivity contribution in [3.05, 3.63) is 94.0 Å². The Balaban J connectivity index is 1.49. The minimum atomic E-state index is -3.80. The zero-order valence-corrected chi connectivity index (χ0v) is 20.1. The molecule has 0 bridgehead atoms. The van der Waals surface area contributed by atoms with Gasteiger partial charge in [0.25, 0.3) is 10.0 Å². The topological polar surface area (TPSA) is 67.4 Å². The molecule has 3 atom stereocenters. The lowest BCUT2D eigenvalue weighted by Gasteiger charge is -2.37. The summed E-state index contributed by atoms with van der Waals surface area (Å²) in [6, 6.07) is 17.9. The van der Waals surface area contributed by atoms with Gasteiger partial charge < -0.3 is 10.1 Å². The number of benzene rings is 3. The number of fused-ring (bicyclic) bond motifs is 3. The Morgan fingerprint density at radius 2 is 1.85 bits per heavy atom. The van der Waals surface area contributed by atoms with Crippen molar-refractivity contribution in [2.24, 2.45) is 5.92 Å². The van der Waals surface area contributed by atoms with E-state index in [-0.39, 0.29) is 22.8 Å². The Bertz CT molecular complexity index is 1360. The second kappa shape index (κ2) is 8.60. The second-order valence-electron chi connectivity index (χ2n) is 8.20. The number of halogens is 2. The van der Waals surface area contributed by atoms with Crippen LogP contribution in [0.2, 0.25) is 10.0 Å². The summed E-state index contributed by atoms with van der Waals surface area (Å²) in [6.45, 7) is 0. The highest BCUT2D eigenvalue weighted by Crippen LogP contribution is 2.50. The van der Waals surface area contributed by atoms with Gasteiger partial charge in [0.05, 0.1) is 33.8 Å². The molecule has 0 aromatic heterocycles. The normalized spacial score (nSPS) is 21.1. The number of methoxy groups -OCH3 is 1. The Kier molecular flexibility index (Phi) is 5.77. The van der Waals surface area contributed by atoms with E-state index in [1.807, 2.05) is 24.3 Å². The molecule has 33 heavy (non-hydrogen) atoms. The van der Waals surface area contributed by atoms with E-state index in [1.165, 1.54) is 7.11 Å². The molecular formula is C25H22Cl2N2O3S. The Hall–Kier alpha value is -2.67. The molecule has 0 saturated carbocycles. The van der Waals surface area contributed by atoms with Crippen LogP contribution in [0.4, 0.5) is 11.4 Å². The van der Waals surface area contributed by atoms with Gasteiger partial charge in [-0.3, -0.25) is 4.72 Å². The molecule has 0 unspecified atom stereocenters. The minimum Gasteiger partial charge on any atom is -0.495 e. The fourth-order valence-corrected chi connectivity index (χ4v) is 6.12. The lowest BCUT2D eigenvalue weighted by molar-refractivity contribution is 0.417. The summed E-state index contributed by atoms with van der Waals surface area (Å²) in [6.07, 6.45) is 5.21. The lowest BCUT2D eigenvalue weighted by Crippen LogP contribution is -2.29. The standard InChI is InChI=1S/C25H22Cl2N2O3S/c1-32-24-8-3-2-7-23(24)29-33(30,31)16-10-12-22-19(14-16)17-5-4-6-18(17)25(28-22)15-9-11-20(26)21(27)13-15/h2-5,7-14,17-18,25,28-29H,6H2,1H3/t17-,18+,25+/m0/s1. The van der Waals surface area contributed by atoms with Crippen LogP contribution in [0.1, 0.15) is 29.5 Å². The third kappa shape index (κ3) is 4.07. The highest BCUT2D eigenvalue weighted by molar-refractivity contribution is 7.92. The fourth-order valence-electron chi connectivity index (χ4n) is 4.71. The van der Waals surface area contributed by atoms with E-state index in [9.17, 15) is 8.42 Å². The van der Waals surface area contributed by atoms with E-state index in [1.54, 1.807) is 36.4 Å². The van der Waals surface area contributed by atoms with E-state index in [4.69, 9.17) is 27.9 Å². The van der Waals surface area contributed by atoms with Crippen LogP contribution in [0.5, 0.6) is 5.75 Å². The van der Waals surface area contributed by atoms with Crippen LogP contribution < -0.4 is 14.8 Å². The van der Waals surface area contributed by atoms with Crippen LogP contribution in [-0.4, -0.2) is 15.5 Å². The molecule has 3 aromatic rings. The number of rotatable bonds is 5. The monoisotopic (exact) mass is 500 g/mol. The van der Waals surface area contributed by atoms with Crippen LogP contribution in [-0.2, 0) is 10.0 Å². The molecule has 170 valence electrons. The first-order chi connectivity index (χ1) is 15.9. The summed E-state index contributed by atoms with van der Waals surface area (Å²) in [5.74, 6) is 0.806. The lowest BCUT2D eigenvalue weighted by atomic mass is 9.77. The minimum absolute atomic E-state index is 0.0430. The predicted molar refractivity (Wildman–Crippen MR) is 133 cm³/mol. The second-order valence-corrected chi connectivity index (χ2v) is 10.7. The van der Waals surface area contributed by atoms with Crippen molar-refractivity contribution in [2.75, 3.05) is 17.1 Å². The molecular weight excluding hydrogens is 479 g/mol. The number of hydrogen-bond acceptors (Lipinski definition) is 4. The largest absolute Gasteiger partial charge is 0.495 e. The molecule has 5 rings (SSSR count). The smallest absolute Gasteiger partial charge is 0.262 e. The molecule has 5 nitrogen and oxygen atoms in total. The number of para-hydroxylation sites is 2. The maximum absolute atomic E-state index is 13.2. The highest BCUT2D eigenvalue weighted by atomic mass is 35.5. The number of allylic oxidation sites excluding steroid dienone is 2. The van der Waals surface area contributed by atoms with Gasteiger partial charge >= 0.3 is 0 Å². The van der Waals surface area contributed by atoms with E-state index >= 15 is 0 Å². The molecule has 8 heteroatoms. The van der Waals surface area contributed by atoms with Crippen LogP contribution in [0, 0.1) is 5.92 Å². The maximum Gasteiger partial charge on any atom is 0.262 e. The van der Waals surface area contributed by atoms with E-state index in [2.05, 4.69) is 22.2 Å². The molecule has 3 aromatic carbocycles. The van der Waals surface area contributed by atoms with Gasteiger partial charge in [0.1, 0.15) is 5.75 Å². The number of anilines is 2. The molecule has 1 aliphatic heterocycles. The molecule has 1 aliphatic carbocycles. The SMILES string of the molecule is COc1ccccc1NS(=O)(=O)c1ccc2c(c1)[C@H]1C=CC[C@H]1[C@@H](c1ccc(Cl)c(Cl)c1)N2. The molecule has 2 N–H and O–H groups in total. The Morgan fingerprint density at radius 3 is 2.64 bits per heavy atom. The van der Waals surface area contributed by atoms with Gasteiger partial charge in [-0.25, -0.2) is 8.42 Å². The van der Waals surface area contributed by atoms with Crippen LogP contribution in [0.3, 0.4) is 0 Å².